The molecule has 1 N–H and O–H groups in total. The summed E-state index contributed by atoms with van der Waals surface area (Å²) in [5.74, 6) is 0.631. The molecule has 0 bridgehead atoms. The molecule has 0 spiro atoms. The summed E-state index contributed by atoms with van der Waals surface area (Å²) < 4.78 is 5.99. The summed E-state index contributed by atoms with van der Waals surface area (Å²) in [4.78, 5) is 0. The maximum absolute atomic E-state index is 10.4. The third kappa shape index (κ3) is 3.23. The summed E-state index contributed by atoms with van der Waals surface area (Å²) in [6.45, 7) is 0. The van der Waals surface area contributed by atoms with Crippen LogP contribution in [0.2, 0.25) is 10.0 Å². The predicted octanol–water partition coefficient (Wildman–Crippen LogP) is 4.85. The first-order valence-electron chi connectivity index (χ1n) is 5.49. The Morgan fingerprint density at radius 2 is 1.79 bits per heavy atom. The molecule has 19 heavy (non-hydrogen) atoms. The normalized spacial score (nSPS) is 12.3. The van der Waals surface area contributed by atoms with E-state index in [0.29, 0.717) is 26.9 Å². The van der Waals surface area contributed by atoms with Gasteiger partial charge in [-0.25, -0.2) is 0 Å². The van der Waals surface area contributed by atoms with Gasteiger partial charge in [-0.05, 0) is 30.3 Å². The summed E-state index contributed by atoms with van der Waals surface area (Å²) in [5.41, 5.74) is 1.16. The highest BCUT2D eigenvalue weighted by Gasteiger charge is 2.17. The molecule has 0 amide bonds. The molecule has 2 rings (SSSR count). The van der Waals surface area contributed by atoms with Gasteiger partial charge in [-0.15, -0.1) is 0 Å². The maximum Gasteiger partial charge on any atom is 0.119 e. The van der Waals surface area contributed by atoms with Crippen LogP contribution in [0.25, 0.3) is 0 Å². The fourth-order valence-electron chi connectivity index (χ4n) is 1.75. The highest BCUT2D eigenvalue weighted by Crippen LogP contribution is 2.35. The number of halogens is 3. The molecule has 100 valence electrons. The minimum atomic E-state index is -0.900. The topological polar surface area (TPSA) is 29.5 Å². The summed E-state index contributed by atoms with van der Waals surface area (Å²) in [5, 5.41) is 11.4. The Morgan fingerprint density at radius 3 is 2.42 bits per heavy atom. The monoisotopic (exact) mass is 360 g/mol. The first kappa shape index (κ1) is 14.7. The van der Waals surface area contributed by atoms with Crippen LogP contribution >= 0.6 is 39.1 Å². The van der Waals surface area contributed by atoms with Crippen LogP contribution in [-0.2, 0) is 0 Å². The average molecular weight is 362 g/mol. The van der Waals surface area contributed by atoms with Crippen LogP contribution in [0, 0.1) is 0 Å². The number of methoxy groups -OCH3 is 1. The SMILES string of the molecule is COc1ccc(Cl)c(C(O)c2ccc(Br)cc2Cl)c1. The van der Waals surface area contributed by atoms with Crippen molar-refractivity contribution in [1.29, 1.82) is 0 Å². The molecular weight excluding hydrogens is 351 g/mol. The number of hydrogen-bond donors (Lipinski definition) is 1. The second-order valence-electron chi connectivity index (χ2n) is 3.96. The molecular formula is C14H11BrCl2O2. The Hall–Kier alpha value is -0.740. The van der Waals surface area contributed by atoms with Gasteiger partial charge in [0.05, 0.1) is 7.11 Å². The molecule has 0 aromatic heterocycles. The van der Waals surface area contributed by atoms with Crippen molar-refractivity contribution in [2.45, 2.75) is 6.10 Å². The standard InChI is InChI=1S/C14H11BrCl2O2/c1-19-9-3-5-12(16)11(7-9)14(18)10-4-2-8(15)6-13(10)17/h2-7,14,18H,1H3. The van der Waals surface area contributed by atoms with E-state index in [-0.39, 0.29) is 0 Å². The van der Waals surface area contributed by atoms with Gasteiger partial charge < -0.3 is 9.84 Å². The van der Waals surface area contributed by atoms with Gasteiger partial charge >= 0.3 is 0 Å². The van der Waals surface area contributed by atoms with Gasteiger partial charge in [0.25, 0.3) is 0 Å². The van der Waals surface area contributed by atoms with Crippen LogP contribution in [0.3, 0.4) is 0 Å². The van der Waals surface area contributed by atoms with Crippen LogP contribution in [0.15, 0.2) is 40.9 Å². The average Bonchev–Trinajstić information content (AvgIpc) is 2.38. The van der Waals surface area contributed by atoms with Crippen molar-refractivity contribution in [2.24, 2.45) is 0 Å². The third-order valence-corrected chi connectivity index (χ3v) is 3.92. The zero-order chi connectivity index (χ0) is 14.0. The molecule has 1 unspecified atom stereocenters. The van der Waals surface area contributed by atoms with Crippen molar-refractivity contribution >= 4 is 39.1 Å². The number of hydrogen-bond acceptors (Lipinski definition) is 2. The second-order valence-corrected chi connectivity index (χ2v) is 5.69. The van der Waals surface area contributed by atoms with Gasteiger partial charge in [0, 0.05) is 25.6 Å². The summed E-state index contributed by atoms with van der Waals surface area (Å²) in [6, 6.07) is 10.4. The van der Waals surface area contributed by atoms with Gasteiger partial charge in [-0.2, -0.15) is 0 Å². The number of ether oxygens (including phenoxy) is 1. The van der Waals surface area contributed by atoms with Crippen LogP contribution in [0.4, 0.5) is 0 Å². The highest BCUT2D eigenvalue weighted by atomic mass is 79.9. The molecule has 0 saturated heterocycles. The van der Waals surface area contributed by atoms with Gasteiger partial charge in [-0.3, -0.25) is 0 Å². The highest BCUT2D eigenvalue weighted by molar-refractivity contribution is 9.10. The lowest BCUT2D eigenvalue weighted by molar-refractivity contribution is 0.220. The smallest absolute Gasteiger partial charge is 0.119 e. The first-order valence-corrected chi connectivity index (χ1v) is 7.04. The van der Waals surface area contributed by atoms with Crippen LogP contribution in [0.1, 0.15) is 17.2 Å². The lowest BCUT2D eigenvalue weighted by atomic mass is 10.0. The van der Waals surface area contributed by atoms with E-state index in [4.69, 9.17) is 27.9 Å². The van der Waals surface area contributed by atoms with Gasteiger partial charge in [0.2, 0.25) is 0 Å². The summed E-state index contributed by atoms with van der Waals surface area (Å²) in [6.07, 6.45) is -0.900. The molecule has 2 aromatic carbocycles. The van der Waals surface area contributed by atoms with Crippen LogP contribution < -0.4 is 4.74 Å². The molecule has 2 aromatic rings. The van der Waals surface area contributed by atoms with Gasteiger partial charge in [0.1, 0.15) is 11.9 Å². The van der Waals surface area contributed by atoms with Crippen molar-refractivity contribution in [1.82, 2.24) is 0 Å². The molecule has 0 aliphatic rings. The van der Waals surface area contributed by atoms with Crippen LogP contribution in [-0.4, -0.2) is 12.2 Å². The Kier molecular flexibility index (Phi) is 4.74. The molecule has 0 heterocycles. The minimum absolute atomic E-state index is 0.465. The largest absolute Gasteiger partial charge is 0.497 e. The Balaban J connectivity index is 2.46. The van der Waals surface area contributed by atoms with E-state index in [1.54, 1.807) is 37.4 Å². The number of rotatable bonds is 3. The molecule has 0 fully saturated rings. The zero-order valence-corrected chi connectivity index (χ0v) is 13.1. The number of benzene rings is 2. The van der Waals surface area contributed by atoms with Crippen molar-refractivity contribution in [3.63, 3.8) is 0 Å². The molecule has 0 aliphatic heterocycles. The lowest BCUT2D eigenvalue weighted by Crippen LogP contribution is -2.02. The van der Waals surface area contributed by atoms with Crippen molar-refractivity contribution < 1.29 is 9.84 Å². The fourth-order valence-corrected chi connectivity index (χ4v) is 2.75. The third-order valence-electron chi connectivity index (χ3n) is 2.75. The summed E-state index contributed by atoms with van der Waals surface area (Å²) >= 11 is 15.6. The van der Waals surface area contributed by atoms with Crippen molar-refractivity contribution in [2.75, 3.05) is 7.11 Å². The van der Waals surface area contributed by atoms with Gasteiger partial charge in [-0.1, -0.05) is 45.2 Å². The predicted molar refractivity (Wildman–Crippen MR) is 81.2 cm³/mol. The zero-order valence-electron chi connectivity index (χ0n) is 10.0. The number of aliphatic hydroxyl groups is 1. The molecule has 0 radical (unpaired) electrons. The fraction of sp³-hybridized carbons (Fsp3) is 0.143. The van der Waals surface area contributed by atoms with Gasteiger partial charge in [0.15, 0.2) is 0 Å². The Bertz CT molecular complexity index is 602. The molecule has 1 atom stereocenters. The van der Waals surface area contributed by atoms with Crippen molar-refractivity contribution in [3.05, 3.63) is 62.0 Å². The second kappa shape index (κ2) is 6.14. The van der Waals surface area contributed by atoms with Crippen LogP contribution in [0.5, 0.6) is 5.75 Å². The molecule has 2 nitrogen and oxygen atoms in total. The summed E-state index contributed by atoms with van der Waals surface area (Å²) in [7, 11) is 1.56. The quantitative estimate of drug-likeness (QED) is 0.846. The van der Waals surface area contributed by atoms with E-state index in [9.17, 15) is 5.11 Å². The lowest BCUT2D eigenvalue weighted by Gasteiger charge is -2.16. The van der Waals surface area contributed by atoms with E-state index >= 15 is 0 Å². The maximum atomic E-state index is 10.4. The molecule has 0 aliphatic carbocycles. The molecule has 5 heteroatoms. The first-order chi connectivity index (χ1) is 9.02. The van der Waals surface area contributed by atoms with Crippen molar-refractivity contribution in [3.8, 4) is 5.75 Å². The van der Waals surface area contributed by atoms with E-state index in [1.165, 1.54) is 0 Å². The molecule has 0 saturated carbocycles. The van der Waals surface area contributed by atoms with E-state index in [0.717, 1.165) is 4.47 Å². The van der Waals surface area contributed by atoms with E-state index in [1.807, 2.05) is 6.07 Å². The van der Waals surface area contributed by atoms with E-state index in [2.05, 4.69) is 15.9 Å². The Labute approximate surface area is 130 Å². The number of aliphatic hydroxyl groups excluding tert-OH is 1. The van der Waals surface area contributed by atoms with E-state index < -0.39 is 6.10 Å². The Morgan fingerprint density at radius 1 is 1.05 bits per heavy atom. The minimum Gasteiger partial charge on any atom is -0.497 e.